The number of hydrogen-bond donors (Lipinski definition) is 1. The molecule has 5 nitrogen and oxygen atoms in total. The Morgan fingerprint density at radius 2 is 2.00 bits per heavy atom. The highest BCUT2D eigenvalue weighted by molar-refractivity contribution is 9.10. The third-order valence-corrected chi connectivity index (χ3v) is 5.74. The Morgan fingerprint density at radius 1 is 1.36 bits per heavy atom. The van der Waals surface area contributed by atoms with Gasteiger partial charge in [0.05, 0.1) is 0 Å². The molecule has 0 aliphatic carbocycles. The van der Waals surface area contributed by atoms with Crippen molar-refractivity contribution in [2.45, 2.75) is 43.5 Å². The van der Waals surface area contributed by atoms with Crippen molar-refractivity contribution in [3.05, 3.63) is 55.9 Å². The predicted molar refractivity (Wildman–Crippen MR) is 103 cm³/mol. The Morgan fingerprint density at radius 3 is 2.56 bits per heavy atom. The quantitative estimate of drug-likeness (QED) is 0.540. The van der Waals surface area contributed by atoms with Crippen molar-refractivity contribution in [1.82, 2.24) is 9.55 Å². The predicted octanol–water partition coefficient (Wildman–Crippen LogP) is 3.79. The molecule has 1 N–H and O–H groups in total. The Kier molecular flexibility index (Phi) is 6.84. The van der Waals surface area contributed by atoms with Crippen LogP contribution < -0.4 is 5.56 Å². The molecule has 0 fully saturated rings. The number of benzene rings is 1. The van der Waals surface area contributed by atoms with Crippen molar-refractivity contribution in [1.29, 1.82) is 0 Å². The monoisotopic (exact) mass is 424 g/mol. The van der Waals surface area contributed by atoms with E-state index < -0.39 is 11.2 Å². The number of nitrogens with zero attached hydrogens (tertiary/aromatic N) is 2. The maximum Gasteiger partial charge on any atom is 0.317 e. The summed E-state index contributed by atoms with van der Waals surface area (Å²) in [4.78, 5) is 28.6. The summed E-state index contributed by atoms with van der Waals surface area (Å²) in [5.41, 5.74) is 2.18. The second-order valence-electron chi connectivity index (χ2n) is 5.86. The van der Waals surface area contributed by atoms with Crippen LogP contribution in [0.1, 0.15) is 36.6 Å². The summed E-state index contributed by atoms with van der Waals surface area (Å²) in [5.74, 6) is -0.877. The van der Waals surface area contributed by atoms with Gasteiger partial charge in [-0.15, -0.1) is 0 Å². The van der Waals surface area contributed by atoms with Gasteiger partial charge in [-0.25, -0.2) is 4.98 Å². The molecule has 1 heterocycles. The van der Waals surface area contributed by atoms with E-state index in [-0.39, 0.29) is 5.56 Å². The molecular weight excluding hydrogens is 404 g/mol. The molecular formula is C18H21BrN2O3S. The first-order valence-electron chi connectivity index (χ1n) is 8.03. The second kappa shape index (κ2) is 8.67. The van der Waals surface area contributed by atoms with E-state index in [2.05, 4.69) is 20.9 Å². The number of carboxylic acid groups (broad SMARTS) is 1. The smallest absolute Gasteiger partial charge is 0.317 e. The summed E-state index contributed by atoms with van der Waals surface area (Å²) in [6.45, 7) is 3.74. The first-order valence-corrected chi connectivity index (χ1v) is 9.71. The number of carboxylic acids is 1. The maximum atomic E-state index is 12.7. The molecule has 25 heavy (non-hydrogen) atoms. The lowest BCUT2D eigenvalue weighted by molar-refractivity contribution is -0.136. The average molecular weight is 425 g/mol. The molecule has 1 atom stereocenters. The zero-order chi connectivity index (χ0) is 18.6. The lowest BCUT2D eigenvalue weighted by Crippen LogP contribution is -2.27. The fourth-order valence-electron chi connectivity index (χ4n) is 2.47. The number of thioether (sulfide) groups is 1. The lowest BCUT2D eigenvalue weighted by Gasteiger charge is -2.15. The number of aryl methyl sites for hydroxylation is 1. The number of carbonyl (C=O) groups is 1. The maximum absolute atomic E-state index is 12.7. The van der Waals surface area contributed by atoms with Crippen LogP contribution in [0.3, 0.4) is 0 Å². The van der Waals surface area contributed by atoms with Crippen molar-refractivity contribution in [3.63, 3.8) is 0 Å². The van der Waals surface area contributed by atoms with E-state index in [1.807, 2.05) is 31.2 Å². The Bertz CT molecular complexity index is 818. The lowest BCUT2D eigenvalue weighted by atomic mass is 10.1. The first kappa shape index (κ1) is 19.7. The number of aromatic nitrogens is 2. The molecule has 0 amide bonds. The molecule has 0 saturated carbocycles. The average Bonchev–Trinajstić information content (AvgIpc) is 2.57. The molecule has 1 aromatic heterocycles. The minimum atomic E-state index is -0.877. The summed E-state index contributed by atoms with van der Waals surface area (Å²) >= 11 is 4.54. The van der Waals surface area contributed by atoms with Crippen LogP contribution in [0, 0.1) is 6.92 Å². The number of hydrogen-bond acceptors (Lipinski definition) is 4. The fraction of sp³-hybridized carbons (Fsp3) is 0.389. The standard InChI is InChI=1S/C18H21BrN2O3S/c1-4-5-15(17(23)24)25-18-20-11(2)14(16(22)21(18)3)10-12-6-8-13(19)9-7-12/h6-9,15H,4-5,10H2,1-3H3,(H,23,24). The van der Waals surface area contributed by atoms with Gasteiger partial charge in [-0.2, -0.15) is 0 Å². The first-order chi connectivity index (χ1) is 11.8. The largest absolute Gasteiger partial charge is 0.480 e. The molecule has 0 bridgehead atoms. The minimum absolute atomic E-state index is 0.126. The SMILES string of the molecule is CCCC(Sc1nc(C)c(Cc2ccc(Br)cc2)c(=O)n1C)C(=O)O. The third kappa shape index (κ3) is 4.95. The molecule has 0 spiro atoms. The normalized spacial score (nSPS) is 12.2. The van der Waals surface area contributed by atoms with Gasteiger partial charge in [-0.3, -0.25) is 14.2 Å². The van der Waals surface area contributed by atoms with Crippen LogP contribution in [0.5, 0.6) is 0 Å². The van der Waals surface area contributed by atoms with Gasteiger partial charge >= 0.3 is 5.97 Å². The van der Waals surface area contributed by atoms with E-state index in [0.717, 1.165) is 28.2 Å². The van der Waals surface area contributed by atoms with Crippen LogP contribution in [0.2, 0.25) is 0 Å². The topological polar surface area (TPSA) is 72.2 Å². The van der Waals surface area contributed by atoms with Gasteiger partial charge < -0.3 is 5.11 Å². The highest BCUT2D eigenvalue weighted by atomic mass is 79.9. The van der Waals surface area contributed by atoms with E-state index in [1.54, 1.807) is 14.0 Å². The van der Waals surface area contributed by atoms with Crippen LogP contribution in [-0.2, 0) is 18.3 Å². The Labute approximate surface area is 159 Å². The highest BCUT2D eigenvalue weighted by Crippen LogP contribution is 2.25. The number of halogens is 1. The van der Waals surface area contributed by atoms with Crippen LogP contribution in [0.4, 0.5) is 0 Å². The third-order valence-electron chi connectivity index (χ3n) is 3.92. The van der Waals surface area contributed by atoms with Crippen molar-refractivity contribution >= 4 is 33.7 Å². The molecule has 134 valence electrons. The highest BCUT2D eigenvalue weighted by Gasteiger charge is 2.21. The van der Waals surface area contributed by atoms with Crippen molar-refractivity contribution in [2.75, 3.05) is 0 Å². The molecule has 0 aliphatic rings. The summed E-state index contributed by atoms with van der Waals surface area (Å²) in [6, 6.07) is 7.81. The molecule has 7 heteroatoms. The summed E-state index contributed by atoms with van der Waals surface area (Å²) < 4.78 is 2.44. The van der Waals surface area contributed by atoms with Crippen molar-refractivity contribution < 1.29 is 9.90 Å². The van der Waals surface area contributed by atoms with Crippen LogP contribution in [0.25, 0.3) is 0 Å². The van der Waals surface area contributed by atoms with Gasteiger partial charge in [0.1, 0.15) is 5.25 Å². The summed E-state index contributed by atoms with van der Waals surface area (Å²) in [5, 5.41) is 9.18. The molecule has 1 aromatic carbocycles. The summed E-state index contributed by atoms with van der Waals surface area (Å²) in [6.07, 6.45) is 1.80. The van der Waals surface area contributed by atoms with Crippen LogP contribution in [0.15, 0.2) is 38.7 Å². The van der Waals surface area contributed by atoms with E-state index in [0.29, 0.717) is 29.3 Å². The molecule has 0 aliphatic heterocycles. The molecule has 0 radical (unpaired) electrons. The van der Waals surface area contributed by atoms with Gasteiger partial charge in [0, 0.05) is 29.2 Å². The van der Waals surface area contributed by atoms with E-state index in [1.165, 1.54) is 4.57 Å². The van der Waals surface area contributed by atoms with Crippen LogP contribution >= 0.6 is 27.7 Å². The van der Waals surface area contributed by atoms with Gasteiger partial charge in [-0.1, -0.05) is 53.2 Å². The van der Waals surface area contributed by atoms with E-state index >= 15 is 0 Å². The number of rotatable bonds is 7. The minimum Gasteiger partial charge on any atom is -0.480 e. The zero-order valence-electron chi connectivity index (χ0n) is 14.5. The molecule has 0 saturated heterocycles. The van der Waals surface area contributed by atoms with E-state index in [4.69, 9.17) is 0 Å². The van der Waals surface area contributed by atoms with Crippen molar-refractivity contribution in [3.8, 4) is 0 Å². The van der Waals surface area contributed by atoms with Gasteiger partial charge in [0.2, 0.25) is 0 Å². The number of aliphatic carboxylic acids is 1. The fourth-order valence-corrected chi connectivity index (χ4v) is 3.87. The van der Waals surface area contributed by atoms with Crippen molar-refractivity contribution in [2.24, 2.45) is 7.05 Å². The van der Waals surface area contributed by atoms with E-state index in [9.17, 15) is 14.7 Å². The Hall–Kier alpha value is -1.60. The Balaban J connectivity index is 2.33. The van der Waals surface area contributed by atoms with Gasteiger partial charge in [-0.05, 0) is 31.0 Å². The molecule has 1 unspecified atom stereocenters. The molecule has 2 aromatic rings. The summed E-state index contributed by atoms with van der Waals surface area (Å²) in [7, 11) is 1.65. The van der Waals surface area contributed by atoms with Gasteiger partial charge in [0.25, 0.3) is 5.56 Å². The second-order valence-corrected chi connectivity index (χ2v) is 7.94. The van der Waals surface area contributed by atoms with Crippen LogP contribution in [-0.4, -0.2) is 25.9 Å². The van der Waals surface area contributed by atoms with Gasteiger partial charge in [0.15, 0.2) is 5.16 Å². The zero-order valence-corrected chi connectivity index (χ0v) is 16.9. The molecule has 2 rings (SSSR count).